The zero-order valence-corrected chi connectivity index (χ0v) is 8.90. The maximum atomic E-state index is 10.7. The number of nitrogens with two attached hydrogens (primary N) is 1. The molecular formula is C9H19N3O3. The second-order valence-corrected chi connectivity index (χ2v) is 3.21. The van der Waals surface area contributed by atoms with E-state index < -0.39 is 12.0 Å². The summed E-state index contributed by atoms with van der Waals surface area (Å²) in [4.78, 5) is 10.7. The fourth-order valence-electron chi connectivity index (χ4n) is 0.963. The van der Waals surface area contributed by atoms with Crippen molar-refractivity contribution in [3.05, 3.63) is 0 Å². The van der Waals surface area contributed by atoms with Gasteiger partial charge in [0, 0.05) is 6.21 Å². The standard InChI is InChI=1S/C9H19N3O3/c1-7(5-11)15-6-12-8(9(13)14)3-2-4-10/h5,7-8,11-12H,2-4,6,10H2,1H3,(H,13,14)/t7?,8-/m0/s1. The van der Waals surface area contributed by atoms with Gasteiger partial charge in [-0.25, -0.2) is 0 Å². The van der Waals surface area contributed by atoms with Crippen molar-refractivity contribution in [1.29, 1.82) is 5.41 Å². The zero-order chi connectivity index (χ0) is 11.7. The minimum Gasteiger partial charge on any atom is -0.480 e. The number of carboxylic acids is 1. The van der Waals surface area contributed by atoms with Crippen LogP contribution in [0, 0.1) is 5.41 Å². The molecule has 0 aromatic heterocycles. The summed E-state index contributed by atoms with van der Waals surface area (Å²) in [6, 6.07) is -0.633. The van der Waals surface area contributed by atoms with Crippen molar-refractivity contribution in [2.45, 2.75) is 31.9 Å². The number of aliphatic carboxylic acids is 1. The van der Waals surface area contributed by atoms with E-state index in [0.29, 0.717) is 19.4 Å². The quantitative estimate of drug-likeness (QED) is 0.315. The van der Waals surface area contributed by atoms with Crippen LogP contribution in [0.15, 0.2) is 0 Å². The van der Waals surface area contributed by atoms with Gasteiger partial charge in [0.1, 0.15) is 6.04 Å². The topological polar surface area (TPSA) is 108 Å². The van der Waals surface area contributed by atoms with Gasteiger partial charge in [-0.15, -0.1) is 0 Å². The zero-order valence-electron chi connectivity index (χ0n) is 8.90. The molecule has 5 N–H and O–H groups in total. The van der Waals surface area contributed by atoms with Crippen LogP contribution < -0.4 is 11.1 Å². The summed E-state index contributed by atoms with van der Waals surface area (Å²) in [5.41, 5.74) is 5.29. The lowest BCUT2D eigenvalue weighted by molar-refractivity contribution is -0.140. The number of hydrogen-bond acceptors (Lipinski definition) is 5. The molecule has 0 aliphatic heterocycles. The van der Waals surface area contributed by atoms with Gasteiger partial charge in [0.15, 0.2) is 0 Å². The first kappa shape index (κ1) is 14.0. The van der Waals surface area contributed by atoms with Crippen molar-refractivity contribution in [2.75, 3.05) is 13.3 Å². The molecular weight excluding hydrogens is 198 g/mol. The van der Waals surface area contributed by atoms with Crippen LogP contribution in [0.1, 0.15) is 19.8 Å². The first-order valence-corrected chi connectivity index (χ1v) is 4.90. The number of ether oxygens (including phenoxy) is 1. The number of carbonyl (C=O) groups is 1. The smallest absolute Gasteiger partial charge is 0.320 e. The molecule has 6 nitrogen and oxygen atoms in total. The maximum absolute atomic E-state index is 10.7. The van der Waals surface area contributed by atoms with Gasteiger partial charge in [0.25, 0.3) is 0 Å². The van der Waals surface area contributed by atoms with E-state index in [4.69, 9.17) is 21.0 Å². The van der Waals surface area contributed by atoms with E-state index in [1.54, 1.807) is 6.92 Å². The Balaban J connectivity index is 3.75. The fraction of sp³-hybridized carbons (Fsp3) is 0.778. The molecule has 0 aliphatic carbocycles. The summed E-state index contributed by atoms with van der Waals surface area (Å²) in [6.07, 6.45) is 1.98. The maximum Gasteiger partial charge on any atom is 0.320 e. The highest BCUT2D eigenvalue weighted by atomic mass is 16.5. The summed E-state index contributed by atoms with van der Waals surface area (Å²) in [7, 11) is 0. The van der Waals surface area contributed by atoms with Crippen molar-refractivity contribution in [3.8, 4) is 0 Å². The molecule has 2 atom stereocenters. The Bertz CT molecular complexity index is 199. The number of rotatable bonds is 9. The molecule has 0 amide bonds. The van der Waals surface area contributed by atoms with Crippen LogP contribution in [0.5, 0.6) is 0 Å². The van der Waals surface area contributed by atoms with Gasteiger partial charge in [0.2, 0.25) is 0 Å². The fourth-order valence-corrected chi connectivity index (χ4v) is 0.963. The first-order valence-electron chi connectivity index (χ1n) is 4.90. The van der Waals surface area contributed by atoms with Gasteiger partial charge in [-0.05, 0) is 26.3 Å². The highest BCUT2D eigenvalue weighted by Crippen LogP contribution is 1.96. The second-order valence-electron chi connectivity index (χ2n) is 3.21. The number of carboxylic acid groups (broad SMARTS) is 1. The first-order chi connectivity index (χ1) is 7.11. The van der Waals surface area contributed by atoms with Crippen LogP contribution >= 0.6 is 0 Å². The third-order valence-electron chi connectivity index (χ3n) is 1.91. The molecule has 0 rings (SSSR count). The Morgan fingerprint density at radius 3 is 2.87 bits per heavy atom. The largest absolute Gasteiger partial charge is 0.480 e. The van der Waals surface area contributed by atoms with Crippen LogP contribution in [0.2, 0.25) is 0 Å². The highest BCUT2D eigenvalue weighted by molar-refractivity contribution is 5.73. The van der Waals surface area contributed by atoms with Gasteiger partial charge >= 0.3 is 5.97 Å². The Morgan fingerprint density at radius 1 is 1.73 bits per heavy atom. The highest BCUT2D eigenvalue weighted by Gasteiger charge is 2.15. The molecule has 0 aromatic carbocycles. The summed E-state index contributed by atoms with van der Waals surface area (Å²) in [5.74, 6) is -0.908. The minimum absolute atomic E-state index is 0.123. The predicted molar refractivity (Wildman–Crippen MR) is 57.0 cm³/mol. The average Bonchev–Trinajstić information content (AvgIpc) is 2.22. The van der Waals surface area contributed by atoms with E-state index in [1.807, 2.05) is 0 Å². The van der Waals surface area contributed by atoms with Gasteiger partial charge in [-0.2, -0.15) is 0 Å². The Hall–Kier alpha value is -0.980. The molecule has 0 saturated heterocycles. The van der Waals surface area contributed by atoms with Crippen LogP contribution in [0.3, 0.4) is 0 Å². The van der Waals surface area contributed by atoms with Gasteiger partial charge in [0.05, 0.1) is 12.8 Å². The third-order valence-corrected chi connectivity index (χ3v) is 1.91. The van der Waals surface area contributed by atoms with Crippen LogP contribution in [-0.4, -0.2) is 42.7 Å². The Morgan fingerprint density at radius 2 is 2.40 bits per heavy atom. The molecule has 0 fully saturated rings. The molecule has 6 heteroatoms. The van der Waals surface area contributed by atoms with Crippen LogP contribution in [0.4, 0.5) is 0 Å². The lowest BCUT2D eigenvalue weighted by Crippen LogP contribution is -2.39. The molecule has 0 aliphatic rings. The molecule has 0 heterocycles. The van der Waals surface area contributed by atoms with Crippen LogP contribution in [-0.2, 0) is 9.53 Å². The van der Waals surface area contributed by atoms with Gasteiger partial charge in [-0.3, -0.25) is 10.1 Å². The monoisotopic (exact) mass is 217 g/mol. The number of nitrogens with one attached hydrogen (secondary N) is 2. The Kier molecular flexibility index (Phi) is 7.79. The molecule has 0 bridgehead atoms. The van der Waals surface area contributed by atoms with E-state index in [9.17, 15) is 4.79 Å². The normalized spacial score (nSPS) is 14.5. The van der Waals surface area contributed by atoms with E-state index in [1.165, 1.54) is 0 Å². The summed E-state index contributed by atoms with van der Waals surface area (Å²) in [5, 5.41) is 18.4. The molecule has 0 radical (unpaired) electrons. The summed E-state index contributed by atoms with van der Waals surface area (Å²) >= 11 is 0. The average molecular weight is 217 g/mol. The van der Waals surface area contributed by atoms with E-state index >= 15 is 0 Å². The lowest BCUT2D eigenvalue weighted by atomic mass is 10.1. The van der Waals surface area contributed by atoms with Crippen molar-refractivity contribution in [1.82, 2.24) is 5.32 Å². The SMILES string of the molecule is CC(C=N)OCN[C@@H](CCCN)C(=O)O. The minimum atomic E-state index is -0.908. The summed E-state index contributed by atoms with van der Waals surface area (Å²) in [6.45, 7) is 2.31. The third kappa shape index (κ3) is 7.01. The predicted octanol–water partition coefficient (Wildman–Crippen LogP) is -0.220. The number of hydrogen-bond donors (Lipinski definition) is 4. The van der Waals surface area contributed by atoms with Gasteiger partial charge in [-0.1, -0.05) is 0 Å². The van der Waals surface area contributed by atoms with E-state index in [2.05, 4.69) is 5.32 Å². The molecule has 1 unspecified atom stereocenters. The van der Waals surface area contributed by atoms with Crippen molar-refractivity contribution >= 4 is 12.2 Å². The second kappa shape index (κ2) is 8.34. The molecule has 88 valence electrons. The molecule has 0 spiro atoms. The van der Waals surface area contributed by atoms with E-state index in [0.717, 1.165) is 6.21 Å². The molecule has 15 heavy (non-hydrogen) atoms. The van der Waals surface area contributed by atoms with Crippen molar-refractivity contribution in [2.24, 2.45) is 5.73 Å². The van der Waals surface area contributed by atoms with Crippen molar-refractivity contribution in [3.63, 3.8) is 0 Å². The van der Waals surface area contributed by atoms with Gasteiger partial charge < -0.3 is 21.0 Å². The molecule has 0 aromatic rings. The van der Waals surface area contributed by atoms with E-state index in [-0.39, 0.29) is 12.8 Å². The van der Waals surface area contributed by atoms with Crippen molar-refractivity contribution < 1.29 is 14.6 Å². The molecule has 0 saturated carbocycles. The summed E-state index contributed by atoms with van der Waals surface area (Å²) < 4.78 is 5.10. The Labute approximate surface area is 89.3 Å². The lowest BCUT2D eigenvalue weighted by Gasteiger charge is -2.15. The van der Waals surface area contributed by atoms with Crippen LogP contribution in [0.25, 0.3) is 0 Å².